The normalized spacial score (nSPS) is 16.0. The van der Waals surface area contributed by atoms with E-state index in [1.807, 2.05) is 23.6 Å². The van der Waals surface area contributed by atoms with Crippen molar-refractivity contribution < 1.29 is 13.9 Å². The van der Waals surface area contributed by atoms with Crippen molar-refractivity contribution in [2.24, 2.45) is 0 Å². The lowest BCUT2D eigenvalue weighted by atomic mass is 10.1. The van der Waals surface area contributed by atoms with Crippen molar-refractivity contribution in [3.63, 3.8) is 0 Å². The zero-order valence-electron chi connectivity index (χ0n) is 15.8. The Labute approximate surface area is 167 Å². The molecule has 0 aliphatic carbocycles. The smallest absolute Gasteiger partial charge is 0.268 e. The molecule has 0 saturated heterocycles. The van der Waals surface area contributed by atoms with Crippen molar-refractivity contribution in [3.8, 4) is 17.0 Å². The first-order valence-electron chi connectivity index (χ1n) is 9.36. The quantitative estimate of drug-likeness (QED) is 0.594. The molecule has 144 valence electrons. The summed E-state index contributed by atoms with van der Waals surface area (Å²) < 4.78 is 19.0. The summed E-state index contributed by atoms with van der Waals surface area (Å²) in [5.41, 5.74) is 3.44. The third-order valence-corrected chi connectivity index (χ3v) is 5.64. The van der Waals surface area contributed by atoms with E-state index in [4.69, 9.17) is 9.72 Å². The molecule has 0 radical (unpaired) electrons. The monoisotopic (exact) mass is 396 g/mol. The van der Waals surface area contributed by atoms with Gasteiger partial charge in [-0.2, -0.15) is 0 Å². The van der Waals surface area contributed by atoms with Gasteiger partial charge in [-0.1, -0.05) is 19.1 Å². The van der Waals surface area contributed by atoms with Gasteiger partial charge in [0.15, 0.2) is 6.10 Å². The number of aryl methyl sites for hydroxylation is 1. The highest BCUT2D eigenvalue weighted by Gasteiger charge is 2.32. The topological polar surface area (TPSA) is 42.4 Å². The molecule has 0 saturated carbocycles. The van der Waals surface area contributed by atoms with Crippen LogP contribution in [0.2, 0.25) is 0 Å². The van der Waals surface area contributed by atoms with Crippen LogP contribution in [0.3, 0.4) is 0 Å². The van der Waals surface area contributed by atoms with Crippen LogP contribution in [0.5, 0.6) is 5.75 Å². The van der Waals surface area contributed by atoms with Crippen molar-refractivity contribution in [2.45, 2.75) is 39.3 Å². The number of aromatic nitrogens is 1. The highest BCUT2D eigenvalue weighted by atomic mass is 32.1. The lowest BCUT2D eigenvalue weighted by Crippen LogP contribution is -2.44. The van der Waals surface area contributed by atoms with Crippen molar-refractivity contribution in [1.29, 1.82) is 0 Å². The van der Waals surface area contributed by atoms with Gasteiger partial charge in [-0.25, -0.2) is 9.37 Å². The number of halogens is 1. The van der Waals surface area contributed by atoms with E-state index in [-0.39, 0.29) is 11.7 Å². The number of anilines is 1. The van der Waals surface area contributed by atoms with Crippen LogP contribution in [-0.4, -0.2) is 17.0 Å². The summed E-state index contributed by atoms with van der Waals surface area (Å²) in [4.78, 5) is 19.2. The average Bonchev–Trinajstić information content (AvgIpc) is 3.16. The molecule has 3 aromatic rings. The fourth-order valence-electron chi connectivity index (χ4n) is 3.27. The van der Waals surface area contributed by atoms with Crippen LogP contribution in [0.1, 0.15) is 30.8 Å². The van der Waals surface area contributed by atoms with Crippen LogP contribution in [-0.2, 0) is 17.8 Å². The predicted molar refractivity (Wildman–Crippen MR) is 109 cm³/mol. The molecule has 0 spiro atoms. The standard InChI is InChI=1S/C22H21FN2O2S/c1-3-4-21-24-18(13-28-21)16-7-10-20-19(11-16)25(22(26)14(2)27-20)12-15-5-8-17(23)9-6-15/h5-11,13-14H,3-4,12H2,1-2H3. The summed E-state index contributed by atoms with van der Waals surface area (Å²) in [6, 6.07) is 12.0. The van der Waals surface area contributed by atoms with Gasteiger partial charge in [0.25, 0.3) is 5.91 Å². The number of thiazole rings is 1. The van der Waals surface area contributed by atoms with E-state index < -0.39 is 6.10 Å². The number of benzene rings is 2. The first kappa shape index (κ1) is 18.6. The van der Waals surface area contributed by atoms with E-state index in [0.29, 0.717) is 12.3 Å². The van der Waals surface area contributed by atoms with E-state index in [0.717, 1.165) is 40.4 Å². The Morgan fingerprint density at radius 1 is 1.21 bits per heavy atom. The van der Waals surface area contributed by atoms with E-state index in [1.165, 1.54) is 12.1 Å². The number of ether oxygens (including phenoxy) is 1. The summed E-state index contributed by atoms with van der Waals surface area (Å²) in [5.74, 6) is 0.264. The molecule has 2 aromatic carbocycles. The highest BCUT2D eigenvalue weighted by Crippen LogP contribution is 2.38. The molecule has 6 heteroatoms. The second-order valence-electron chi connectivity index (χ2n) is 6.87. The molecule has 2 heterocycles. The number of hydrogen-bond acceptors (Lipinski definition) is 4. The summed E-state index contributed by atoms with van der Waals surface area (Å²) in [6.45, 7) is 4.24. The number of carbonyl (C=O) groups excluding carboxylic acids is 1. The summed E-state index contributed by atoms with van der Waals surface area (Å²) in [6.07, 6.45) is 1.46. The zero-order valence-corrected chi connectivity index (χ0v) is 16.6. The lowest BCUT2D eigenvalue weighted by molar-refractivity contribution is -0.125. The Morgan fingerprint density at radius 2 is 2.00 bits per heavy atom. The lowest BCUT2D eigenvalue weighted by Gasteiger charge is -2.33. The number of nitrogens with zero attached hydrogens (tertiary/aromatic N) is 2. The molecule has 1 atom stereocenters. The zero-order chi connectivity index (χ0) is 19.7. The van der Waals surface area contributed by atoms with Gasteiger partial charge in [-0.05, 0) is 55.7 Å². The van der Waals surface area contributed by atoms with Gasteiger partial charge in [0.1, 0.15) is 11.6 Å². The number of carbonyl (C=O) groups is 1. The Hall–Kier alpha value is -2.73. The molecule has 1 aliphatic rings. The van der Waals surface area contributed by atoms with E-state index in [1.54, 1.807) is 35.3 Å². The van der Waals surface area contributed by atoms with Crippen LogP contribution in [0.4, 0.5) is 10.1 Å². The number of fused-ring (bicyclic) bond motifs is 1. The number of hydrogen-bond donors (Lipinski definition) is 0. The van der Waals surface area contributed by atoms with Crippen LogP contribution < -0.4 is 9.64 Å². The third-order valence-electron chi connectivity index (χ3n) is 4.73. The van der Waals surface area contributed by atoms with Crippen molar-refractivity contribution in [1.82, 2.24) is 4.98 Å². The van der Waals surface area contributed by atoms with E-state index in [2.05, 4.69) is 6.92 Å². The second-order valence-corrected chi connectivity index (χ2v) is 7.81. The van der Waals surface area contributed by atoms with Gasteiger partial charge in [0, 0.05) is 10.9 Å². The van der Waals surface area contributed by atoms with Crippen LogP contribution in [0.15, 0.2) is 47.8 Å². The van der Waals surface area contributed by atoms with Gasteiger partial charge < -0.3 is 9.64 Å². The minimum absolute atomic E-state index is 0.112. The number of rotatable bonds is 5. The first-order chi connectivity index (χ1) is 13.5. The molecule has 1 unspecified atom stereocenters. The van der Waals surface area contributed by atoms with Gasteiger partial charge in [0.05, 0.1) is 22.9 Å². The van der Waals surface area contributed by atoms with Crippen LogP contribution in [0.25, 0.3) is 11.3 Å². The molecule has 1 amide bonds. The van der Waals surface area contributed by atoms with Gasteiger partial charge >= 0.3 is 0 Å². The fourth-order valence-corrected chi connectivity index (χ4v) is 4.18. The third kappa shape index (κ3) is 3.64. The maximum atomic E-state index is 13.2. The van der Waals surface area contributed by atoms with Crippen molar-refractivity contribution >= 4 is 22.9 Å². The highest BCUT2D eigenvalue weighted by molar-refractivity contribution is 7.09. The molecule has 1 aliphatic heterocycles. The largest absolute Gasteiger partial charge is 0.479 e. The fraction of sp³-hybridized carbons (Fsp3) is 0.273. The molecule has 0 bridgehead atoms. The predicted octanol–water partition coefficient (Wildman–Crippen LogP) is 5.22. The maximum absolute atomic E-state index is 13.2. The van der Waals surface area contributed by atoms with Crippen LogP contribution in [0, 0.1) is 5.82 Å². The molecule has 4 rings (SSSR count). The SMILES string of the molecule is CCCc1nc(-c2ccc3c(c2)N(Cc2ccc(F)cc2)C(=O)C(C)O3)cs1. The summed E-state index contributed by atoms with van der Waals surface area (Å²) >= 11 is 1.65. The number of amides is 1. The molecule has 28 heavy (non-hydrogen) atoms. The molecular weight excluding hydrogens is 375 g/mol. The van der Waals surface area contributed by atoms with Gasteiger partial charge in [-0.3, -0.25) is 4.79 Å². The van der Waals surface area contributed by atoms with E-state index in [9.17, 15) is 9.18 Å². The summed E-state index contributed by atoms with van der Waals surface area (Å²) in [5, 5.41) is 3.16. The Morgan fingerprint density at radius 3 is 2.75 bits per heavy atom. The van der Waals surface area contributed by atoms with Crippen molar-refractivity contribution in [2.75, 3.05) is 4.90 Å². The maximum Gasteiger partial charge on any atom is 0.268 e. The molecular formula is C22H21FN2O2S. The Kier molecular flexibility index (Phi) is 5.13. The Bertz CT molecular complexity index is 1000. The van der Waals surface area contributed by atoms with Crippen LogP contribution >= 0.6 is 11.3 Å². The van der Waals surface area contributed by atoms with Gasteiger partial charge in [-0.15, -0.1) is 11.3 Å². The first-order valence-corrected chi connectivity index (χ1v) is 10.2. The molecule has 1 aromatic heterocycles. The van der Waals surface area contributed by atoms with E-state index >= 15 is 0 Å². The Balaban J connectivity index is 1.70. The molecule has 0 fully saturated rings. The molecule has 4 nitrogen and oxygen atoms in total. The minimum atomic E-state index is -0.561. The average molecular weight is 396 g/mol. The molecule has 0 N–H and O–H groups in total. The van der Waals surface area contributed by atoms with Crippen molar-refractivity contribution in [3.05, 3.63) is 64.2 Å². The second kappa shape index (κ2) is 7.72. The summed E-state index contributed by atoms with van der Waals surface area (Å²) in [7, 11) is 0. The van der Waals surface area contributed by atoms with Gasteiger partial charge in [0.2, 0.25) is 0 Å². The minimum Gasteiger partial charge on any atom is -0.479 e.